The Morgan fingerprint density at radius 1 is 0.978 bits per heavy atom. The predicted octanol–water partition coefficient (Wildman–Crippen LogP) is 5.81. The second-order valence-corrected chi connectivity index (χ2v) is 14.3. The number of benzene rings is 1. The number of pyridine rings is 1. The molecule has 8 nitrogen and oxygen atoms in total. The van der Waals surface area contributed by atoms with Crippen LogP contribution in [0.2, 0.25) is 0 Å². The summed E-state index contributed by atoms with van der Waals surface area (Å²) in [5.74, 6) is 3.36. The number of aromatic nitrogens is 1. The molecular weight excluding hydrogens is 562 g/mol. The van der Waals surface area contributed by atoms with Crippen molar-refractivity contribution in [2.45, 2.75) is 96.7 Å². The van der Waals surface area contributed by atoms with Crippen molar-refractivity contribution >= 4 is 23.2 Å². The highest BCUT2D eigenvalue weighted by Crippen LogP contribution is 2.37. The van der Waals surface area contributed by atoms with Gasteiger partial charge < -0.3 is 19.4 Å². The third kappa shape index (κ3) is 7.07. The molecule has 3 fully saturated rings. The zero-order chi connectivity index (χ0) is 31.7. The fraction of sp³-hybridized carbons (Fsp3) is 0.649. The standard InChI is InChI=1S/C37H53N5O3/c1-6-32-37(44)39(4)33-16-13-30(38-36(33)42(32)25(2)3)22-29-12-11-28(23-35(29)45-5)34(43)21-26-9-14-31(15-10-26)41-19-17-40(18-20-41)24-27-7-8-27/h11-13,16,23,25-27,31-32H,6-10,14-15,17-22,24H2,1-5H3/t26?,31?,32-/m1/s1. The normalized spacial score (nSPS) is 24.7. The average Bonchev–Trinajstić information content (AvgIpc) is 3.87. The smallest absolute Gasteiger partial charge is 0.249 e. The molecule has 6 rings (SSSR count). The van der Waals surface area contributed by atoms with E-state index in [1.54, 1.807) is 12.0 Å². The number of ketones is 1. The van der Waals surface area contributed by atoms with Crippen LogP contribution in [-0.4, -0.2) is 91.5 Å². The first kappa shape index (κ1) is 32.0. The number of rotatable bonds is 11. The lowest BCUT2D eigenvalue weighted by atomic mass is 9.81. The number of ether oxygens (including phenoxy) is 1. The van der Waals surface area contributed by atoms with E-state index in [-0.39, 0.29) is 23.8 Å². The lowest BCUT2D eigenvalue weighted by molar-refractivity contribution is -0.120. The van der Waals surface area contributed by atoms with E-state index < -0.39 is 0 Å². The van der Waals surface area contributed by atoms with Crippen LogP contribution in [0.15, 0.2) is 30.3 Å². The second-order valence-electron chi connectivity index (χ2n) is 14.3. The average molecular weight is 616 g/mol. The van der Waals surface area contributed by atoms with Gasteiger partial charge in [0, 0.05) is 81.5 Å². The highest BCUT2D eigenvalue weighted by atomic mass is 16.5. The fourth-order valence-corrected chi connectivity index (χ4v) is 7.95. The van der Waals surface area contributed by atoms with Gasteiger partial charge in [-0.1, -0.05) is 19.1 Å². The van der Waals surface area contributed by atoms with Crippen molar-refractivity contribution < 1.29 is 14.3 Å². The van der Waals surface area contributed by atoms with E-state index in [1.165, 1.54) is 58.4 Å². The van der Waals surface area contributed by atoms with Gasteiger partial charge in [0.05, 0.1) is 12.8 Å². The van der Waals surface area contributed by atoms with Gasteiger partial charge in [-0.2, -0.15) is 0 Å². The predicted molar refractivity (Wildman–Crippen MR) is 181 cm³/mol. The highest BCUT2D eigenvalue weighted by Gasteiger charge is 2.38. The van der Waals surface area contributed by atoms with Gasteiger partial charge in [-0.05, 0) is 88.8 Å². The van der Waals surface area contributed by atoms with Crippen molar-refractivity contribution in [3.63, 3.8) is 0 Å². The van der Waals surface area contributed by atoms with Crippen molar-refractivity contribution in [1.29, 1.82) is 0 Å². The molecule has 2 saturated carbocycles. The van der Waals surface area contributed by atoms with Crippen LogP contribution in [0.5, 0.6) is 5.75 Å². The summed E-state index contributed by atoms with van der Waals surface area (Å²) >= 11 is 0. The molecule has 1 atom stereocenters. The topological polar surface area (TPSA) is 69.2 Å². The number of methoxy groups -OCH3 is 1. The molecule has 1 aromatic heterocycles. The number of hydrogen-bond acceptors (Lipinski definition) is 7. The first-order valence-electron chi connectivity index (χ1n) is 17.5. The van der Waals surface area contributed by atoms with Gasteiger partial charge in [-0.15, -0.1) is 0 Å². The Balaban J connectivity index is 1.06. The Bertz CT molecular complexity index is 1360. The molecule has 2 aromatic rings. The number of carbonyl (C=O) groups excluding carboxylic acids is 2. The number of piperazine rings is 1. The largest absolute Gasteiger partial charge is 0.496 e. The summed E-state index contributed by atoms with van der Waals surface area (Å²) in [5.41, 5.74) is 3.49. The van der Waals surface area contributed by atoms with E-state index in [0.717, 1.165) is 59.3 Å². The molecule has 0 bridgehead atoms. The molecule has 3 heterocycles. The Morgan fingerprint density at radius 3 is 2.33 bits per heavy atom. The van der Waals surface area contributed by atoms with Gasteiger partial charge >= 0.3 is 0 Å². The van der Waals surface area contributed by atoms with Gasteiger partial charge in [0.2, 0.25) is 5.91 Å². The van der Waals surface area contributed by atoms with E-state index in [1.807, 2.05) is 37.4 Å². The Hall–Kier alpha value is -2.97. The number of anilines is 2. The van der Waals surface area contributed by atoms with Crippen LogP contribution in [-0.2, 0) is 11.2 Å². The molecule has 0 spiro atoms. The molecule has 1 amide bonds. The van der Waals surface area contributed by atoms with E-state index >= 15 is 0 Å². The third-order valence-electron chi connectivity index (χ3n) is 10.8. The number of Topliss-reactive ketones (excluding diaryl/α,β-unsaturated/α-hetero) is 1. The summed E-state index contributed by atoms with van der Waals surface area (Å²) in [7, 11) is 3.51. The van der Waals surface area contributed by atoms with Crippen LogP contribution in [0.4, 0.5) is 11.5 Å². The van der Waals surface area contributed by atoms with Crippen LogP contribution in [0, 0.1) is 11.8 Å². The number of hydrogen-bond donors (Lipinski definition) is 0. The van der Waals surface area contributed by atoms with Gasteiger partial charge in [-0.25, -0.2) is 4.98 Å². The summed E-state index contributed by atoms with van der Waals surface area (Å²) in [4.78, 5) is 40.8. The molecule has 2 aliphatic heterocycles. The van der Waals surface area contributed by atoms with Crippen LogP contribution in [0.25, 0.3) is 0 Å². The molecule has 4 aliphatic rings. The molecule has 2 aliphatic carbocycles. The third-order valence-corrected chi connectivity index (χ3v) is 10.8. The van der Waals surface area contributed by atoms with Crippen molar-refractivity contribution in [2.75, 3.05) is 56.7 Å². The van der Waals surface area contributed by atoms with E-state index in [2.05, 4.69) is 35.5 Å². The van der Waals surface area contributed by atoms with Crippen molar-refractivity contribution in [1.82, 2.24) is 14.8 Å². The molecule has 0 unspecified atom stereocenters. The molecule has 8 heteroatoms. The minimum atomic E-state index is -0.215. The zero-order valence-electron chi connectivity index (χ0n) is 28.1. The Kier molecular flexibility index (Phi) is 9.81. The van der Waals surface area contributed by atoms with Crippen LogP contribution in [0.3, 0.4) is 0 Å². The lowest BCUT2D eigenvalue weighted by Gasteiger charge is -2.42. The number of nitrogens with zero attached hydrogens (tertiary/aromatic N) is 5. The zero-order valence-corrected chi connectivity index (χ0v) is 28.1. The quantitative estimate of drug-likeness (QED) is 0.296. The fourth-order valence-electron chi connectivity index (χ4n) is 7.95. The molecule has 45 heavy (non-hydrogen) atoms. The molecule has 244 valence electrons. The number of carbonyl (C=O) groups is 2. The first-order chi connectivity index (χ1) is 21.7. The van der Waals surface area contributed by atoms with Crippen LogP contribution < -0.4 is 14.5 Å². The summed E-state index contributed by atoms with van der Waals surface area (Å²) < 4.78 is 5.80. The molecule has 1 aromatic carbocycles. The van der Waals surface area contributed by atoms with Crippen LogP contribution in [0.1, 0.15) is 93.8 Å². The van der Waals surface area contributed by atoms with E-state index in [9.17, 15) is 9.59 Å². The summed E-state index contributed by atoms with van der Waals surface area (Å²) in [6.45, 7) is 12.5. The summed E-state index contributed by atoms with van der Waals surface area (Å²) in [6.07, 6.45) is 9.53. The summed E-state index contributed by atoms with van der Waals surface area (Å²) in [5, 5.41) is 0. The first-order valence-corrected chi connectivity index (χ1v) is 17.5. The number of likely N-dealkylation sites (N-methyl/N-ethyl adjacent to an activating group) is 1. The van der Waals surface area contributed by atoms with Gasteiger partial charge in [-0.3, -0.25) is 14.5 Å². The molecule has 1 saturated heterocycles. The maximum atomic E-state index is 13.4. The monoisotopic (exact) mass is 615 g/mol. The molecule has 0 radical (unpaired) electrons. The number of amides is 1. The van der Waals surface area contributed by atoms with Gasteiger partial charge in [0.25, 0.3) is 0 Å². The lowest BCUT2D eigenvalue weighted by Crippen LogP contribution is -2.54. The molecule has 0 N–H and O–H groups in total. The minimum Gasteiger partial charge on any atom is -0.496 e. The SMILES string of the molecule is CC[C@@H]1C(=O)N(C)c2ccc(Cc3ccc(C(=O)CC4CCC(N5CCN(CC6CC6)CC5)CC4)cc3OC)nc2N1C(C)C. The Labute approximate surface area is 270 Å². The van der Waals surface area contributed by atoms with Gasteiger partial charge in [0.15, 0.2) is 11.6 Å². The summed E-state index contributed by atoms with van der Waals surface area (Å²) in [6, 6.07) is 10.5. The number of fused-ring (bicyclic) bond motifs is 1. The van der Waals surface area contributed by atoms with Crippen molar-refractivity contribution in [3.05, 3.63) is 47.2 Å². The molecular formula is C37H53N5O3. The van der Waals surface area contributed by atoms with Crippen molar-refractivity contribution in [2.24, 2.45) is 11.8 Å². The van der Waals surface area contributed by atoms with Crippen LogP contribution >= 0.6 is 0 Å². The maximum absolute atomic E-state index is 13.4. The van der Waals surface area contributed by atoms with Crippen molar-refractivity contribution in [3.8, 4) is 5.75 Å². The highest BCUT2D eigenvalue weighted by molar-refractivity contribution is 6.04. The Morgan fingerprint density at radius 2 is 1.69 bits per heavy atom. The van der Waals surface area contributed by atoms with Gasteiger partial charge in [0.1, 0.15) is 11.8 Å². The van der Waals surface area contributed by atoms with E-state index in [4.69, 9.17) is 9.72 Å². The van der Waals surface area contributed by atoms with E-state index in [0.29, 0.717) is 24.8 Å². The minimum absolute atomic E-state index is 0.112. The second kappa shape index (κ2) is 13.8. The maximum Gasteiger partial charge on any atom is 0.249 e.